The quantitative estimate of drug-likeness (QED) is 0.0448. The van der Waals surface area contributed by atoms with Gasteiger partial charge in [0.05, 0.1) is 12.2 Å². The number of rotatable bonds is 57. The minimum atomic E-state index is -0.163. The van der Waals surface area contributed by atoms with Gasteiger partial charge >= 0.3 is 0 Å². The molecule has 4 heteroatoms. The number of aromatic hydroxyl groups is 1. The van der Waals surface area contributed by atoms with Crippen LogP contribution >= 0.6 is 0 Å². The summed E-state index contributed by atoms with van der Waals surface area (Å²) in [5.74, 6) is 3.61. The average Bonchev–Trinajstić information content (AvgIpc) is 1.01. The maximum atomic E-state index is 12.4. The molecule has 4 nitrogen and oxygen atoms in total. The zero-order chi connectivity index (χ0) is 65.7. The highest BCUT2D eigenvalue weighted by Crippen LogP contribution is 2.38. The van der Waals surface area contributed by atoms with E-state index in [1.165, 1.54) is 259 Å². The van der Waals surface area contributed by atoms with Crippen molar-refractivity contribution < 1.29 is 19.3 Å². The van der Waals surface area contributed by atoms with Crippen LogP contribution in [-0.2, 0) is 77.0 Å². The van der Waals surface area contributed by atoms with Crippen LogP contribution in [0.1, 0.15) is 381 Å². The molecule has 4 aromatic carbocycles. The van der Waals surface area contributed by atoms with Gasteiger partial charge in [-0.3, -0.25) is 0 Å². The molecule has 0 saturated heterocycles. The van der Waals surface area contributed by atoms with Gasteiger partial charge in [-0.05, 0) is 222 Å². The predicted octanol–water partition coefficient (Wildman–Crippen LogP) is 26.5. The number of hydrogen-bond donors (Lipinski definition) is 1. The van der Waals surface area contributed by atoms with Gasteiger partial charge in [-0.15, -0.1) is 0 Å². The summed E-state index contributed by atoms with van der Waals surface area (Å²) >= 11 is 0. The second-order valence-corrected chi connectivity index (χ2v) is 28.4. The van der Waals surface area contributed by atoms with E-state index < -0.39 is 0 Å². The van der Waals surface area contributed by atoms with Gasteiger partial charge in [-0.2, -0.15) is 0 Å². The van der Waals surface area contributed by atoms with Crippen LogP contribution in [-0.4, -0.2) is 23.4 Å². The lowest BCUT2D eigenvalue weighted by Gasteiger charge is -2.27. The number of aryl methyl sites for hydroxylation is 3. The molecule has 0 saturated carbocycles. The molecule has 3 unspecified atom stereocenters. The molecular weight excluding hydrogens is 1110 g/mol. The van der Waals surface area contributed by atoms with Crippen molar-refractivity contribution in [2.45, 2.75) is 410 Å². The lowest BCUT2D eigenvalue weighted by molar-refractivity contribution is 0.208. The number of unbranched alkanes of at least 4 members (excludes halogenated alkanes) is 27. The highest BCUT2D eigenvalue weighted by atomic mass is 16.5. The summed E-state index contributed by atoms with van der Waals surface area (Å²) in [6.45, 7) is 27.8. The van der Waals surface area contributed by atoms with Gasteiger partial charge in [0, 0.05) is 24.8 Å². The van der Waals surface area contributed by atoms with Crippen molar-refractivity contribution in [3.63, 3.8) is 0 Å². The number of phenolic OH excluding ortho intramolecular Hbond substituents is 1. The maximum absolute atomic E-state index is 12.4. The fourth-order valence-corrected chi connectivity index (χ4v) is 14.6. The summed E-state index contributed by atoms with van der Waals surface area (Å²) in [6.07, 6.45) is 57.3. The normalized spacial score (nSPS) is 12.7. The van der Waals surface area contributed by atoms with E-state index in [-0.39, 0.29) is 18.3 Å². The summed E-state index contributed by atoms with van der Waals surface area (Å²) in [5.41, 5.74) is 17.3. The van der Waals surface area contributed by atoms with Crippen molar-refractivity contribution >= 4 is 0 Å². The van der Waals surface area contributed by atoms with Crippen LogP contribution in [0.5, 0.6) is 23.0 Å². The largest absolute Gasteiger partial charge is 0.508 e. The van der Waals surface area contributed by atoms with Crippen molar-refractivity contribution in [3.8, 4) is 23.0 Å². The van der Waals surface area contributed by atoms with Gasteiger partial charge in [0.25, 0.3) is 0 Å². The fraction of sp³-hybridized carbons (Fsp3) is 0.724. The molecule has 3 atom stereocenters. The Labute approximate surface area is 564 Å². The Morgan fingerprint density at radius 2 is 0.462 bits per heavy atom. The Kier molecular flexibility index (Phi) is 43.3. The second kappa shape index (κ2) is 49.6. The predicted molar refractivity (Wildman–Crippen MR) is 399 cm³/mol. The van der Waals surface area contributed by atoms with Gasteiger partial charge < -0.3 is 19.3 Å². The molecule has 4 aromatic rings. The first-order valence-corrected chi connectivity index (χ1v) is 39.7. The van der Waals surface area contributed by atoms with Gasteiger partial charge in [-0.25, -0.2) is 0 Å². The fourth-order valence-electron chi connectivity index (χ4n) is 14.6. The Hall–Kier alpha value is -3.92. The van der Waals surface area contributed by atoms with Crippen molar-refractivity contribution in [1.82, 2.24) is 0 Å². The van der Waals surface area contributed by atoms with E-state index in [2.05, 4.69) is 126 Å². The van der Waals surface area contributed by atoms with E-state index >= 15 is 0 Å². The molecule has 516 valence electrons. The standard InChI is InChI=1S/C87H144O4/c1-13-22-31-40-49-72-59-63-85(79(55-46-37-28-19-7)76(72)52-43-34-25-16-4)89-69(10)66-75-58-62-84(88)83(68-71(12)91-87-65-61-74(51-42-33-24-15-3)78(54-45-36-27-18-6)81(87)57-48-39-30-21-9)82(75)67-70(11)90-86-64-60-73(50-41-32-23-14-2)77(53-44-35-26-17-5)80(86)56-47-38-29-20-8/h58-65,69-71,88H,13-57,66-68H2,1-12H3. The highest BCUT2D eigenvalue weighted by Gasteiger charge is 2.25. The van der Waals surface area contributed by atoms with Crippen LogP contribution in [0.2, 0.25) is 0 Å². The molecule has 91 heavy (non-hydrogen) atoms. The van der Waals surface area contributed by atoms with Gasteiger partial charge in [0.1, 0.15) is 29.1 Å². The molecule has 1 N–H and O–H groups in total. The molecule has 4 rings (SSSR count). The van der Waals surface area contributed by atoms with Crippen LogP contribution in [0, 0.1) is 0 Å². The van der Waals surface area contributed by atoms with Crippen molar-refractivity contribution in [2.24, 2.45) is 0 Å². The molecule has 0 aliphatic heterocycles. The number of ether oxygens (including phenoxy) is 3. The van der Waals surface area contributed by atoms with E-state index in [1.54, 1.807) is 33.4 Å². The van der Waals surface area contributed by atoms with E-state index in [4.69, 9.17) is 14.2 Å². The lowest BCUT2D eigenvalue weighted by Crippen LogP contribution is -2.24. The summed E-state index contributed by atoms with van der Waals surface area (Å²) < 4.78 is 22.2. The molecule has 0 heterocycles. The van der Waals surface area contributed by atoms with E-state index in [1.807, 2.05) is 6.07 Å². The summed E-state index contributed by atoms with van der Waals surface area (Å²) in [7, 11) is 0. The molecule has 0 amide bonds. The molecule has 0 radical (unpaired) electrons. The minimum Gasteiger partial charge on any atom is -0.508 e. The molecule has 0 aliphatic rings. The van der Waals surface area contributed by atoms with Crippen molar-refractivity contribution in [1.29, 1.82) is 0 Å². The third-order valence-electron chi connectivity index (χ3n) is 20.0. The van der Waals surface area contributed by atoms with Gasteiger partial charge in [-0.1, -0.05) is 260 Å². The maximum Gasteiger partial charge on any atom is 0.123 e. The highest BCUT2D eigenvalue weighted by molar-refractivity contribution is 5.50. The zero-order valence-corrected chi connectivity index (χ0v) is 62.0. The molecule has 0 aromatic heterocycles. The topological polar surface area (TPSA) is 47.9 Å². The first-order valence-electron chi connectivity index (χ1n) is 39.7. The monoisotopic (exact) mass is 1250 g/mol. The van der Waals surface area contributed by atoms with Crippen LogP contribution in [0.3, 0.4) is 0 Å². The SMILES string of the molecule is CCCCCCc1ccc(OC(C)Cc2ccc(O)c(CC(C)Oc3ccc(CCCCCC)c(CCCCCC)c3CCCCCC)c2CC(C)Oc2ccc(CCCCCC)c(CCCCCC)c2CCCCCC)c(CCCCCC)c1CCCCCC. The van der Waals surface area contributed by atoms with Gasteiger partial charge in [0.2, 0.25) is 0 Å². The molecular formula is C87H144O4. The third-order valence-corrected chi connectivity index (χ3v) is 20.0. The molecule has 0 fully saturated rings. The number of benzene rings is 4. The second-order valence-electron chi connectivity index (χ2n) is 28.4. The first-order chi connectivity index (χ1) is 44.5. The number of phenols is 1. The summed E-state index contributed by atoms with van der Waals surface area (Å²) in [5, 5.41) is 12.4. The average molecular weight is 1250 g/mol. The Balaban J connectivity index is 1.88. The van der Waals surface area contributed by atoms with Crippen LogP contribution in [0.25, 0.3) is 0 Å². The molecule has 0 bridgehead atoms. The summed E-state index contributed by atoms with van der Waals surface area (Å²) in [6, 6.07) is 18.6. The Morgan fingerprint density at radius 1 is 0.231 bits per heavy atom. The minimum absolute atomic E-state index is 0.0832. The molecule has 0 spiro atoms. The van der Waals surface area contributed by atoms with E-state index in [0.717, 1.165) is 87.0 Å². The van der Waals surface area contributed by atoms with E-state index in [0.29, 0.717) is 18.6 Å². The van der Waals surface area contributed by atoms with Crippen molar-refractivity contribution in [3.05, 3.63) is 115 Å². The lowest BCUT2D eigenvalue weighted by atomic mass is 9.88. The van der Waals surface area contributed by atoms with Gasteiger partial charge in [0.15, 0.2) is 0 Å². The van der Waals surface area contributed by atoms with Crippen LogP contribution in [0.15, 0.2) is 48.5 Å². The first kappa shape index (κ1) is 79.5. The third kappa shape index (κ3) is 30.1. The Bertz CT molecular complexity index is 2480. The summed E-state index contributed by atoms with van der Waals surface area (Å²) in [4.78, 5) is 0. The zero-order valence-electron chi connectivity index (χ0n) is 62.0. The Morgan fingerprint density at radius 3 is 0.736 bits per heavy atom. The molecule has 0 aliphatic carbocycles. The van der Waals surface area contributed by atoms with E-state index in [9.17, 15) is 5.11 Å². The van der Waals surface area contributed by atoms with Crippen LogP contribution < -0.4 is 14.2 Å². The van der Waals surface area contributed by atoms with Crippen molar-refractivity contribution in [2.75, 3.05) is 0 Å². The smallest absolute Gasteiger partial charge is 0.123 e. The number of hydrogen-bond acceptors (Lipinski definition) is 4. The van der Waals surface area contributed by atoms with Crippen LogP contribution in [0.4, 0.5) is 0 Å².